The van der Waals surface area contributed by atoms with Gasteiger partial charge in [-0.1, -0.05) is 19.9 Å². The summed E-state index contributed by atoms with van der Waals surface area (Å²) in [5.74, 6) is 1.13. The van der Waals surface area contributed by atoms with Gasteiger partial charge in [0.2, 0.25) is 5.88 Å². The molecule has 3 rings (SSSR count). The number of carbonyl (C=O) groups is 1. The number of ether oxygens (including phenoxy) is 3. The van der Waals surface area contributed by atoms with Gasteiger partial charge in [-0.25, -0.2) is 0 Å². The van der Waals surface area contributed by atoms with Crippen LogP contribution in [0.5, 0.6) is 11.5 Å². The van der Waals surface area contributed by atoms with Crippen LogP contribution in [-0.4, -0.2) is 20.0 Å². The maximum Gasteiger partial charge on any atom is 0.205 e. The second kappa shape index (κ2) is 6.41. The Morgan fingerprint density at radius 1 is 1.23 bits per heavy atom. The zero-order valence-corrected chi connectivity index (χ0v) is 15.4. The molecular weight excluding hydrogens is 332 g/mol. The van der Waals surface area contributed by atoms with Crippen molar-refractivity contribution in [1.82, 2.24) is 0 Å². The lowest BCUT2D eigenvalue weighted by molar-refractivity contribution is -0.119. The first-order chi connectivity index (χ1) is 12.3. The monoisotopic (exact) mass is 354 g/mol. The van der Waals surface area contributed by atoms with E-state index in [0.717, 1.165) is 5.56 Å². The van der Waals surface area contributed by atoms with Crippen molar-refractivity contribution in [2.75, 3.05) is 14.2 Å². The predicted molar refractivity (Wildman–Crippen MR) is 95.2 cm³/mol. The average Bonchev–Trinajstić information content (AvgIpc) is 2.58. The van der Waals surface area contributed by atoms with Crippen LogP contribution in [0, 0.1) is 16.7 Å². The van der Waals surface area contributed by atoms with E-state index in [1.165, 1.54) is 0 Å². The van der Waals surface area contributed by atoms with Gasteiger partial charge in [0.05, 0.1) is 20.1 Å². The molecule has 6 heteroatoms. The number of nitriles is 1. The molecule has 1 aromatic rings. The first-order valence-electron chi connectivity index (χ1n) is 8.37. The van der Waals surface area contributed by atoms with Crippen LogP contribution in [0.3, 0.4) is 0 Å². The van der Waals surface area contributed by atoms with Crippen molar-refractivity contribution in [3.63, 3.8) is 0 Å². The van der Waals surface area contributed by atoms with E-state index in [-0.39, 0.29) is 22.7 Å². The average molecular weight is 354 g/mol. The van der Waals surface area contributed by atoms with E-state index in [4.69, 9.17) is 19.9 Å². The molecule has 2 N–H and O–H groups in total. The predicted octanol–water partition coefficient (Wildman–Crippen LogP) is 3.15. The van der Waals surface area contributed by atoms with Gasteiger partial charge in [-0.2, -0.15) is 5.26 Å². The van der Waals surface area contributed by atoms with Crippen molar-refractivity contribution < 1.29 is 19.0 Å². The summed E-state index contributed by atoms with van der Waals surface area (Å²) in [4.78, 5) is 12.9. The third-order valence-electron chi connectivity index (χ3n) is 4.82. The molecule has 0 bridgehead atoms. The summed E-state index contributed by atoms with van der Waals surface area (Å²) < 4.78 is 16.3. The van der Waals surface area contributed by atoms with Crippen molar-refractivity contribution in [3.8, 4) is 17.6 Å². The van der Waals surface area contributed by atoms with Gasteiger partial charge in [0.25, 0.3) is 0 Å². The Balaban J connectivity index is 2.18. The Morgan fingerprint density at radius 3 is 2.54 bits per heavy atom. The molecule has 0 saturated carbocycles. The van der Waals surface area contributed by atoms with Crippen LogP contribution in [0.25, 0.3) is 0 Å². The number of rotatable bonds is 3. The lowest BCUT2D eigenvalue weighted by Crippen LogP contribution is -2.33. The smallest absolute Gasteiger partial charge is 0.205 e. The van der Waals surface area contributed by atoms with Gasteiger partial charge < -0.3 is 19.9 Å². The standard InChI is InChI=1S/C20H22N2O4/c1-20(2)8-13(23)18-16(9-20)26-19(22)12(10-21)17(18)11-5-6-14(24-3)15(7-11)25-4/h5-7,17H,8-9,22H2,1-4H3/t17-/m1/s1. The molecule has 0 radical (unpaired) electrons. The number of hydrogen-bond donors (Lipinski definition) is 1. The number of Topliss-reactive ketones (excluding diaryl/α,β-unsaturated/α-hetero) is 1. The van der Waals surface area contributed by atoms with E-state index in [2.05, 4.69) is 6.07 Å². The fraction of sp³-hybridized carbons (Fsp3) is 0.400. The summed E-state index contributed by atoms with van der Waals surface area (Å²) in [6.45, 7) is 4.03. The first kappa shape index (κ1) is 17.9. The maximum absolute atomic E-state index is 12.9. The van der Waals surface area contributed by atoms with Crippen LogP contribution >= 0.6 is 0 Å². The number of hydrogen-bond acceptors (Lipinski definition) is 6. The van der Waals surface area contributed by atoms with Crippen LogP contribution in [0.15, 0.2) is 41.0 Å². The van der Waals surface area contributed by atoms with E-state index in [1.54, 1.807) is 26.4 Å². The number of allylic oxidation sites excluding steroid dienone is 3. The molecule has 1 aliphatic carbocycles. The van der Waals surface area contributed by atoms with E-state index in [0.29, 0.717) is 35.7 Å². The fourth-order valence-corrected chi connectivity index (χ4v) is 3.65. The number of nitrogens with two attached hydrogens (primary N) is 1. The summed E-state index contributed by atoms with van der Waals surface area (Å²) in [7, 11) is 3.10. The van der Waals surface area contributed by atoms with E-state index in [1.807, 2.05) is 19.9 Å². The number of carbonyl (C=O) groups excluding carboxylic acids is 1. The number of benzene rings is 1. The van der Waals surface area contributed by atoms with Crippen molar-refractivity contribution in [2.24, 2.45) is 11.1 Å². The van der Waals surface area contributed by atoms with E-state index >= 15 is 0 Å². The Morgan fingerprint density at radius 2 is 1.92 bits per heavy atom. The van der Waals surface area contributed by atoms with Gasteiger partial charge in [0, 0.05) is 18.4 Å². The number of nitrogens with zero attached hydrogens (tertiary/aromatic N) is 1. The summed E-state index contributed by atoms with van der Waals surface area (Å²) in [6.07, 6.45) is 0.995. The third kappa shape index (κ3) is 2.90. The summed E-state index contributed by atoms with van der Waals surface area (Å²) >= 11 is 0. The van der Waals surface area contributed by atoms with Crippen molar-refractivity contribution >= 4 is 5.78 Å². The zero-order valence-electron chi connectivity index (χ0n) is 15.4. The SMILES string of the molecule is COc1ccc([C@@H]2C(C#N)=C(N)OC3=C2C(=O)CC(C)(C)C3)cc1OC. The minimum atomic E-state index is -0.563. The lowest BCUT2D eigenvalue weighted by atomic mass is 9.70. The molecule has 1 heterocycles. The molecule has 26 heavy (non-hydrogen) atoms. The molecular formula is C20H22N2O4. The second-order valence-electron chi connectivity index (χ2n) is 7.32. The molecule has 1 aliphatic heterocycles. The van der Waals surface area contributed by atoms with Crippen LogP contribution in [0.1, 0.15) is 38.2 Å². The van der Waals surface area contributed by atoms with Crippen LogP contribution in [0.4, 0.5) is 0 Å². The van der Waals surface area contributed by atoms with Gasteiger partial charge >= 0.3 is 0 Å². The van der Waals surface area contributed by atoms with Gasteiger partial charge in [-0.15, -0.1) is 0 Å². The molecule has 0 saturated heterocycles. The molecule has 0 amide bonds. The van der Waals surface area contributed by atoms with E-state index < -0.39 is 5.92 Å². The second-order valence-corrected chi connectivity index (χ2v) is 7.32. The molecule has 0 aromatic heterocycles. The molecule has 0 spiro atoms. The maximum atomic E-state index is 12.9. The highest BCUT2D eigenvalue weighted by Crippen LogP contribution is 2.48. The summed E-state index contributed by atoms with van der Waals surface area (Å²) in [5, 5.41) is 9.64. The van der Waals surface area contributed by atoms with Crippen LogP contribution in [0.2, 0.25) is 0 Å². The Labute approximate surface area is 152 Å². The highest BCUT2D eigenvalue weighted by atomic mass is 16.5. The van der Waals surface area contributed by atoms with E-state index in [9.17, 15) is 10.1 Å². The molecule has 1 atom stereocenters. The minimum absolute atomic E-state index is 0.0173. The molecule has 0 unspecified atom stereocenters. The molecule has 1 aromatic carbocycles. The number of ketones is 1. The Bertz CT molecular complexity index is 874. The van der Waals surface area contributed by atoms with Crippen LogP contribution in [-0.2, 0) is 9.53 Å². The highest BCUT2D eigenvalue weighted by molar-refractivity contribution is 6.00. The Hall–Kier alpha value is -2.94. The van der Waals surface area contributed by atoms with Crippen molar-refractivity contribution in [1.29, 1.82) is 5.26 Å². The minimum Gasteiger partial charge on any atom is -0.493 e. The van der Waals surface area contributed by atoms with Crippen LogP contribution < -0.4 is 15.2 Å². The van der Waals surface area contributed by atoms with Crippen molar-refractivity contribution in [3.05, 3.63) is 46.6 Å². The molecule has 0 fully saturated rings. The van der Waals surface area contributed by atoms with Gasteiger partial charge in [0.15, 0.2) is 17.3 Å². The Kier molecular flexibility index (Phi) is 4.41. The third-order valence-corrected chi connectivity index (χ3v) is 4.82. The quantitative estimate of drug-likeness (QED) is 0.896. The van der Waals surface area contributed by atoms with Gasteiger partial charge in [-0.05, 0) is 23.1 Å². The van der Waals surface area contributed by atoms with Gasteiger partial charge in [0.1, 0.15) is 17.4 Å². The molecule has 136 valence electrons. The number of methoxy groups -OCH3 is 2. The lowest BCUT2D eigenvalue weighted by Gasteiger charge is -2.37. The molecule has 2 aliphatic rings. The zero-order chi connectivity index (χ0) is 19.1. The first-order valence-corrected chi connectivity index (χ1v) is 8.37. The topological polar surface area (TPSA) is 94.6 Å². The fourth-order valence-electron chi connectivity index (χ4n) is 3.65. The van der Waals surface area contributed by atoms with Gasteiger partial charge in [-0.3, -0.25) is 4.79 Å². The highest BCUT2D eigenvalue weighted by Gasteiger charge is 2.43. The normalized spacial score (nSPS) is 21.7. The molecule has 6 nitrogen and oxygen atoms in total. The summed E-state index contributed by atoms with van der Waals surface area (Å²) in [6, 6.07) is 7.46. The van der Waals surface area contributed by atoms with Crippen molar-refractivity contribution in [2.45, 2.75) is 32.6 Å². The summed E-state index contributed by atoms with van der Waals surface area (Å²) in [5.41, 5.74) is 7.31. The largest absolute Gasteiger partial charge is 0.493 e.